The molecule has 0 atom stereocenters. The van der Waals surface area contributed by atoms with E-state index in [1.807, 2.05) is 0 Å². The molecule has 1 fully saturated rings. The van der Waals surface area contributed by atoms with Crippen molar-refractivity contribution in [2.24, 2.45) is 0 Å². The maximum Gasteiger partial charge on any atom is 0.221 e. The van der Waals surface area contributed by atoms with E-state index in [1.54, 1.807) is 13.0 Å². The summed E-state index contributed by atoms with van der Waals surface area (Å²) in [7, 11) is -4.10. The van der Waals surface area contributed by atoms with E-state index in [1.165, 1.54) is 12.1 Å². The summed E-state index contributed by atoms with van der Waals surface area (Å²) in [4.78, 5) is -0.830. The van der Waals surface area contributed by atoms with Crippen molar-refractivity contribution in [3.8, 4) is 6.07 Å². The number of hydrogen-bond donors (Lipinski definition) is 1. The number of allylic oxidation sites excluding steroid dienone is 2. The first-order valence-corrected chi connectivity index (χ1v) is 7.33. The fourth-order valence-electron chi connectivity index (χ4n) is 2.01. The standard InChI is InChI=1S/C13H13FN2O2S/c1-9-4-5-12(10(14)7-9)19(17,18)13(8-15)11-3-2-6-16-11/h4-5,7,16H,2-3,6H2,1H3. The van der Waals surface area contributed by atoms with Gasteiger partial charge in [0.15, 0.2) is 4.91 Å². The molecule has 1 aromatic carbocycles. The van der Waals surface area contributed by atoms with Crippen molar-refractivity contribution in [1.29, 1.82) is 5.26 Å². The van der Waals surface area contributed by atoms with E-state index in [2.05, 4.69) is 5.32 Å². The Kier molecular flexibility index (Phi) is 3.58. The van der Waals surface area contributed by atoms with Gasteiger partial charge in [-0.15, -0.1) is 0 Å². The van der Waals surface area contributed by atoms with Crippen LogP contribution in [0.3, 0.4) is 0 Å². The minimum atomic E-state index is -4.10. The molecule has 1 saturated heterocycles. The topological polar surface area (TPSA) is 70.0 Å². The predicted molar refractivity (Wildman–Crippen MR) is 68.2 cm³/mol. The van der Waals surface area contributed by atoms with E-state index in [9.17, 15) is 12.8 Å². The van der Waals surface area contributed by atoms with Crippen LogP contribution in [0.2, 0.25) is 0 Å². The molecule has 0 amide bonds. The molecule has 100 valence electrons. The first-order chi connectivity index (χ1) is 8.96. The highest BCUT2D eigenvalue weighted by atomic mass is 32.2. The fraction of sp³-hybridized carbons (Fsp3) is 0.308. The molecule has 0 saturated carbocycles. The van der Waals surface area contributed by atoms with Crippen molar-refractivity contribution in [2.75, 3.05) is 6.54 Å². The molecule has 19 heavy (non-hydrogen) atoms. The number of rotatable bonds is 2. The smallest absolute Gasteiger partial charge is 0.221 e. The molecule has 0 aromatic heterocycles. The molecule has 0 radical (unpaired) electrons. The molecular formula is C13H13FN2O2S. The lowest BCUT2D eigenvalue weighted by Gasteiger charge is -2.08. The Morgan fingerprint density at radius 2 is 2.21 bits per heavy atom. The third-order valence-corrected chi connectivity index (χ3v) is 4.75. The Labute approximate surface area is 111 Å². The van der Waals surface area contributed by atoms with E-state index in [0.29, 0.717) is 24.2 Å². The quantitative estimate of drug-likeness (QED) is 0.841. The minimum absolute atomic E-state index is 0.377. The van der Waals surface area contributed by atoms with E-state index in [-0.39, 0.29) is 4.91 Å². The van der Waals surface area contributed by atoms with Gasteiger partial charge < -0.3 is 5.32 Å². The summed E-state index contributed by atoms with van der Waals surface area (Å²) in [5, 5.41) is 11.9. The van der Waals surface area contributed by atoms with Crippen LogP contribution in [0.25, 0.3) is 0 Å². The summed E-state index contributed by atoms with van der Waals surface area (Å²) in [6.45, 7) is 2.30. The number of hydrogen-bond acceptors (Lipinski definition) is 4. The van der Waals surface area contributed by atoms with Gasteiger partial charge in [-0.2, -0.15) is 5.26 Å². The van der Waals surface area contributed by atoms with Gasteiger partial charge in [0.25, 0.3) is 0 Å². The zero-order valence-electron chi connectivity index (χ0n) is 10.4. The third kappa shape index (κ3) is 2.47. The molecule has 1 aromatic rings. The van der Waals surface area contributed by atoms with Gasteiger partial charge in [-0.05, 0) is 37.5 Å². The van der Waals surface area contributed by atoms with E-state index < -0.39 is 20.5 Å². The van der Waals surface area contributed by atoms with Crippen LogP contribution in [0, 0.1) is 24.1 Å². The molecule has 6 heteroatoms. The monoisotopic (exact) mass is 280 g/mol. The van der Waals surface area contributed by atoms with Crippen LogP contribution in [0.15, 0.2) is 33.7 Å². The minimum Gasteiger partial charge on any atom is -0.387 e. The van der Waals surface area contributed by atoms with Crippen LogP contribution < -0.4 is 5.32 Å². The van der Waals surface area contributed by atoms with Gasteiger partial charge in [0.2, 0.25) is 9.84 Å². The number of nitrogens with one attached hydrogen (secondary N) is 1. The first kappa shape index (κ1) is 13.6. The number of nitrogens with zero attached hydrogens (tertiary/aromatic N) is 1. The molecule has 0 spiro atoms. The lowest BCUT2D eigenvalue weighted by atomic mass is 10.2. The van der Waals surface area contributed by atoms with E-state index in [0.717, 1.165) is 12.5 Å². The summed E-state index contributed by atoms with van der Waals surface area (Å²) >= 11 is 0. The average molecular weight is 280 g/mol. The third-order valence-electron chi connectivity index (χ3n) is 2.96. The maximum absolute atomic E-state index is 13.8. The number of halogens is 1. The number of sulfone groups is 1. The van der Waals surface area contributed by atoms with Gasteiger partial charge in [-0.25, -0.2) is 12.8 Å². The fourth-order valence-corrected chi connectivity index (χ4v) is 3.41. The lowest BCUT2D eigenvalue weighted by Crippen LogP contribution is -2.14. The highest BCUT2D eigenvalue weighted by molar-refractivity contribution is 7.95. The van der Waals surface area contributed by atoms with Gasteiger partial charge >= 0.3 is 0 Å². The highest BCUT2D eigenvalue weighted by Crippen LogP contribution is 2.26. The van der Waals surface area contributed by atoms with Gasteiger partial charge in [0.1, 0.15) is 16.8 Å². The Morgan fingerprint density at radius 3 is 2.74 bits per heavy atom. The first-order valence-electron chi connectivity index (χ1n) is 5.85. The number of nitriles is 1. The molecule has 2 rings (SSSR count). The molecule has 1 aliphatic rings. The molecule has 1 N–H and O–H groups in total. The van der Waals surface area contributed by atoms with Crippen molar-refractivity contribution in [3.63, 3.8) is 0 Å². The van der Waals surface area contributed by atoms with Gasteiger partial charge in [-0.3, -0.25) is 0 Å². The zero-order chi connectivity index (χ0) is 14.0. The summed E-state index contributed by atoms with van der Waals surface area (Å²) in [5.74, 6) is -0.827. The molecule has 4 nitrogen and oxygen atoms in total. The predicted octanol–water partition coefficient (Wildman–Crippen LogP) is 2.03. The Bertz CT molecular complexity index is 679. The largest absolute Gasteiger partial charge is 0.387 e. The second kappa shape index (κ2) is 5.02. The van der Waals surface area contributed by atoms with Crippen LogP contribution in [-0.4, -0.2) is 15.0 Å². The van der Waals surface area contributed by atoms with Crippen molar-refractivity contribution in [3.05, 3.63) is 40.2 Å². The Hall–Kier alpha value is -1.87. The van der Waals surface area contributed by atoms with E-state index in [4.69, 9.17) is 5.26 Å². The normalized spacial score (nSPS) is 17.7. The van der Waals surface area contributed by atoms with Gasteiger partial charge in [-0.1, -0.05) is 6.07 Å². The molecule has 0 aliphatic carbocycles. The molecule has 1 aliphatic heterocycles. The van der Waals surface area contributed by atoms with Gasteiger partial charge in [0, 0.05) is 12.2 Å². The second-order valence-corrected chi connectivity index (χ2v) is 6.24. The maximum atomic E-state index is 13.8. The molecule has 0 bridgehead atoms. The van der Waals surface area contributed by atoms with Crippen molar-refractivity contribution >= 4 is 9.84 Å². The number of aryl methyl sites for hydroxylation is 1. The molecule has 1 heterocycles. The van der Waals surface area contributed by atoms with E-state index >= 15 is 0 Å². The van der Waals surface area contributed by atoms with Crippen LogP contribution in [-0.2, 0) is 9.84 Å². The van der Waals surface area contributed by atoms with Crippen LogP contribution in [0.1, 0.15) is 18.4 Å². The van der Waals surface area contributed by atoms with Crippen LogP contribution in [0.4, 0.5) is 4.39 Å². The van der Waals surface area contributed by atoms with Crippen LogP contribution in [0.5, 0.6) is 0 Å². The molecule has 0 unspecified atom stereocenters. The van der Waals surface area contributed by atoms with Crippen LogP contribution >= 0.6 is 0 Å². The summed E-state index contributed by atoms with van der Waals surface area (Å²) in [5.41, 5.74) is 1.00. The number of benzene rings is 1. The Balaban J connectivity index is 2.59. The zero-order valence-corrected chi connectivity index (χ0v) is 11.2. The summed E-state index contributed by atoms with van der Waals surface area (Å²) < 4.78 is 38.4. The SMILES string of the molecule is Cc1ccc(S(=O)(=O)C(C#N)=C2CCCN2)c(F)c1. The summed E-state index contributed by atoms with van der Waals surface area (Å²) in [6, 6.07) is 5.55. The highest BCUT2D eigenvalue weighted by Gasteiger charge is 2.28. The summed E-state index contributed by atoms with van der Waals surface area (Å²) in [6.07, 6.45) is 1.27. The lowest BCUT2D eigenvalue weighted by molar-refractivity contribution is 0.570. The Morgan fingerprint density at radius 1 is 1.47 bits per heavy atom. The molecular weight excluding hydrogens is 267 g/mol. The van der Waals surface area contributed by atoms with Gasteiger partial charge in [0.05, 0.1) is 0 Å². The van der Waals surface area contributed by atoms with Crippen molar-refractivity contribution in [2.45, 2.75) is 24.7 Å². The average Bonchev–Trinajstić information content (AvgIpc) is 2.82. The van der Waals surface area contributed by atoms with Crippen molar-refractivity contribution < 1.29 is 12.8 Å². The second-order valence-electron chi connectivity index (χ2n) is 4.39. The van der Waals surface area contributed by atoms with Crippen molar-refractivity contribution in [1.82, 2.24) is 5.32 Å².